The number of nitrogens with zero attached hydrogens (tertiary/aromatic N) is 3. The average Bonchev–Trinajstić information content (AvgIpc) is 3.49. The van der Waals surface area contributed by atoms with Crippen molar-refractivity contribution in [2.75, 3.05) is 7.05 Å². The highest BCUT2D eigenvalue weighted by Crippen LogP contribution is 2.30. The van der Waals surface area contributed by atoms with E-state index in [0.29, 0.717) is 11.6 Å². The molecule has 0 saturated heterocycles. The monoisotopic (exact) mass is 464 g/mol. The molecule has 0 bridgehead atoms. The highest BCUT2D eigenvalue weighted by atomic mass is 35.5. The predicted octanol–water partition coefficient (Wildman–Crippen LogP) is 4.85. The Bertz CT molecular complexity index is 1110. The normalized spacial score (nSPS) is 14.8. The van der Waals surface area contributed by atoms with Gasteiger partial charge in [-0.1, -0.05) is 54.8 Å². The summed E-state index contributed by atoms with van der Waals surface area (Å²) in [5.41, 5.74) is 3.59. The first-order valence-electron chi connectivity index (χ1n) is 11.3. The summed E-state index contributed by atoms with van der Waals surface area (Å²) in [6.07, 6.45) is 6.09. The van der Waals surface area contributed by atoms with Crippen molar-refractivity contribution in [3.63, 3.8) is 0 Å². The summed E-state index contributed by atoms with van der Waals surface area (Å²) in [5.74, 6) is -0.0503. The van der Waals surface area contributed by atoms with Gasteiger partial charge in [0.15, 0.2) is 0 Å². The molecule has 1 fully saturated rings. The second kappa shape index (κ2) is 10.2. The number of rotatable bonds is 7. The molecular weight excluding hydrogens is 436 g/mol. The summed E-state index contributed by atoms with van der Waals surface area (Å²) in [6.45, 7) is 1.85. The van der Waals surface area contributed by atoms with E-state index in [-0.39, 0.29) is 17.7 Å². The highest BCUT2D eigenvalue weighted by Gasteiger charge is 2.33. The number of halogens is 1. The first-order chi connectivity index (χ1) is 15.9. The van der Waals surface area contributed by atoms with E-state index in [4.69, 9.17) is 16.7 Å². The van der Waals surface area contributed by atoms with Crippen LogP contribution in [-0.4, -0.2) is 39.6 Å². The van der Waals surface area contributed by atoms with Crippen LogP contribution in [0.1, 0.15) is 38.2 Å². The lowest BCUT2D eigenvalue weighted by Crippen LogP contribution is -2.50. The minimum absolute atomic E-state index is 0.0633. The molecule has 1 N–H and O–H groups in total. The highest BCUT2D eigenvalue weighted by molar-refractivity contribution is 6.30. The molecule has 1 saturated carbocycles. The maximum atomic E-state index is 13.4. The lowest BCUT2D eigenvalue weighted by molar-refractivity contribution is -0.136. The van der Waals surface area contributed by atoms with Gasteiger partial charge in [-0.2, -0.15) is 5.10 Å². The number of nitrogens with one attached hydrogen (secondary N) is 1. The number of para-hydroxylation sites is 1. The number of carbonyl (C=O) groups excluding carboxylic acids is 2. The Morgan fingerprint density at radius 1 is 1.12 bits per heavy atom. The first-order valence-corrected chi connectivity index (χ1v) is 11.7. The average molecular weight is 465 g/mol. The van der Waals surface area contributed by atoms with Crippen molar-refractivity contribution < 1.29 is 9.59 Å². The van der Waals surface area contributed by atoms with Gasteiger partial charge in [-0.3, -0.25) is 9.59 Å². The molecule has 1 aromatic heterocycles. The van der Waals surface area contributed by atoms with Crippen molar-refractivity contribution in [1.82, 2.24) is 20.0 Å². The van der Waals surface area contributed by atoms with Crippen LogP contribution >= 0.6 is 11.6 Å². The van der Waals surface area contributed by atoms with Crippen LogP contribution < -0.4 is 5.32 Å². The van der Waals surface area contributed by atoms with Gasteiger partial charge in [0.25, 0.3) is 0 Å². The molecule has 0 spiro atoms. The summed E-state index contributed by atoms with van der Waals surface area (Å²) < 4.78 is 1.83. The Labute approximate surface area is 199 Å². The van der Waals surface area contributed by atoms with Crippen LogP contribution in [0.4, 0.5) is 0 Å². The molecule has 1 aliphatic rings. The minimum atomic E-state index is -0.488. The van der Waals surface area contributed by atoms with Crippen molar-refractivity contribution in [3.8, 4) is 16.9 Å². The van der Waals surface area contributed by atoms with Gasteiger partial charge in [0.2, 0.25) is 11.8 Å². The van der Waals surface area contributed by atoms with Gasteiger partial charge in [-0.25, -0.2) is 4.68 Å². The molecule has 0 aliphatic heterocycles. The van der Waals surface area contributed by atoms with Crippen molar-refractivity contribution in [2.24, 2.45) is 5.92 Å². The second-order valence-electron chi connectivity index (χ2n) is 8.71. The predicted molar refractivity (Wildman–Crippen MR) is 130 cm³/mol. The molecule has 33 heavy (non-hydrogen) atoms. The van der Waals surface area contributed by atoms with E-state index in [0.717, 1.165) is 48.2 Å². The fourth-order valence-corrected chi connectivity index (χ4v) is 4.68. The van der Waals surface area contributed by atoms with Crippen molar-refractivity contribution >= 4 is 23.4 Å². The van der Waals surface area contributed by atoms with E-state index in [1.54, 1.807) is 11.9 Å². The van der Waals surface area contributed by atoms with Crippen LogP contribution in [-0.2, 0) is 16.1 Å². The molecule has 1 unspecified atom stereocenters. The molecule has 2 aromatic carbocycles. The van der Waals surface area contributed by atoms with Crippen molar-refractivity contribution in [2.45, 2.75) is 45.2 Å². The number of carbonyl (C=O) groups is 2. The summed E-state index contributed by atoms with van der Waals surface area (Å²) in [7, 11) is 1.79. The zero-order chi connectivity index (χ0) is 23.4. The molecule has 7 heteroatoms. The van der Waals surface area contributed by atoms with E-state index < -0.39 is 6.04 Å². The number of benzene rings is 2. The van der Waals surface area contributed by atoms with Gasteiger partial charge in [-0.05, 0) is 43.0 Å². The van der Waals surface area contributed by atoms with Crippen molar-refractivity contribution in [1.29, 1.82) is 0 Å². The molecule has 4 rings (SSSR count). The number of hydrogen-bond donors (Lipinski definition) is 1. The minimum Gasteiger partial charge on any atom is -0.344 e. The molecule has 3 aromatic rings. The fourth-order valence-electron chi connectivity index (χ4n) is 4.55. The van der Waals surface area contributed by atoms with Gasteiger partial charge in [0, 0.05) is 42.9 Å². The zero-order valence-electron chi connectivity index (χ0n) is 19.0. The molecular formula is C26H29ClN4O2. The fraction of sp³-hybridized carbons (Fsp3) is 0.346. The molecule has 1 heterocycles. The third kappa shape index (κ3) is 5.45. The Balaban J connectivity index is 1.64. The molecule has 1 atom stereocenters. The van der Waals surface area contributed by atoms with Crippen LogP contribution in [0.15, 0.2) is 60.8 Å². The van der Waals surface area contributed by atoms with E-state index in [1.165, 1.54) is 6.92 Å². The summed E-state index contributed by atoms with van der Waals surface area (Å²) in [4.78, 5) is 26.9. The Morgan fingerprint density at radius 2 is 1.79 bits per heavy atom. The van der Waals surface area contributed by atoms with Crippen LogP contribution in [0.2, 0.25) is 5.02 Å². The Morgan fingerprint density at radius 3 is 2.42 bits per heavy atom. The number of amides is 2. The maximum absolute atomic E-state index is 13.4. The standard InChI is InChI=1S/C26H29ClN4O2/c1-18(32)28-25(19-8-6-7-9-19)26(33)30(2)16-21-17-31(23-10-4-3-5-11-23)29-24(21)20-12-14-22(27)15-13-20/h3-5,10-15,17,19,25H,6-9,16H2,1-2H3,(H,28,32). The molecule has 2 amide bonds. The van der Waals surface area contributed by atoms with Crippen LogP contribution in [0, 0.1) is 5.92 Å². The van der Waals surface area contributed by atoms with Gasteiger partial charge in [0.05, 0.1) is 11.4 Å². The molecule has 172 valence electrons. The summed E-state index contributed by atoms with van der Waals surface area (Å²) >= 11 is 6.09. The Hall–Kier alpha value is -3.12. The molecule has 6 nitrogen and oxygen atoms in total. The molecule has 1 aliphatic carbocycles. The SMILES string of the molecule is CC(=O)NC(C(=O)N(C)Cc1cn(-c2ccccc2)nc1-c1ccc(Cl)cc1)C1CCCC1. The van der Waals surface area contributed by atoms with E-state index >= 15 is 0 Å². The van der Waals surface area contributed by atoms with Gasteiger partial charge < -0.3 is 10.2 Å². The lowest BCUT2D eigenvalue weighted by Gasteiger charge is -2.28. The quantitative estimate of drug-likeness (QED) is 0.543. The largest absolute Gasteiger partial charge is 0.344 e. The van der Waals surface area contributed by atoms with Gasteiger partial charge in [0.1, 0.15) is 6.04 Å². The van der Waals surface area contributed by atoms with Gasteiger partial charge >= 0.3 is 0 Å². The number of aromatic nitrogens is 2. The van der Waals surface area contributed by atoms with E-state index in [9.17, 15) is 9.59 Å². The van der Waals surface area contributed by atoms with Crippen LogP contribution in [0.3, 0.4) is 0 Å². The second-order valence-corrected chi connectivity index (χ2v) is 9.14. The smallest absolute Gasteiger partial charge is 0.245 e. The topological polar surface area (TPSA) is 67.2 Å². The molecule has 0 radical (unpaired) electrons. The van der Waals surface area contributed by atoms with Gasteiger partial charge in [-0.15, -0.1) is 0 Å². The summed E-state index contributed by atoms with van der Waals surface area (Å²) in [6, 6.07) is 16.9. The number of hydrogen-bond acceptors (Lipinski definition) is 3. The van der Waals surface area contributed by atoms with E-state index in [2.05, 4.69) is 5.32 Å². The first kappa shape index (κ1) is 23.1. The van der Waals surface area contributed by atoms with Crippen LogP contribution in [0.25, 0.3) is 16.9 Å². The zero-order valence-corrected chi connectivity index (χ0v) is 19.8. The Kier molecular flexibility index (Phi) is 7.14. The number of likely N-dealkylation sites (N-methyl/N-ethyl adjacent to an activating group) is 1. The summed E-state index contributed by atoms with van der Waals surface area (Å²) in [5, 5.41) is 8.39. The van der Waals surface area contributed by atoms with E-state index in [1.807, 2.05) is 65.5 Å². The third-order valence-corrected chi connectivity index (χ3v) is 6.46. The third-order valence-electron chi connectivity index (χ3n) is 6.21. The lowest BCUT2D eigenvalue weighted by atomic mass is 9.96. The van der Waals surface area contributed by atoms with Crippen molar-refractivity contribution in [3.05, 3.63) is 71.4 Å². The maximum Gasteiger partial charge on any atom is 0.245 e. The van der Waals surface area contributed by atoms with Crippen LogP contribution in [0.5, 0.6) is 0 Å².